The number of ether oxygens (including phenoxy) is 1. The Bertz CT molecular complexity index is 664. The van der Waals surface area contributed by atoms with Gasteiger partial charge >= 0.3 is 0 Å². The zero-order valence-electron chi connectivity index (χ0n) is 12.1. The van der Waals surface area contributed by atoms with Crippen molar-refractivity contribution in [3.05, 3.63) is 58.4 Å². The zero-order valence-corrected chi connectivity index (χ0v) is 12.9. The van der Waals surface area contributed by atoms with E-state index >= 15 is 0 Å². The quantitative estimate of drug-likeness (QED) is 0.861. The fraction of sp³-hybridized carbons (Fsp3) is 0.250. The molecule has 0 atom stereocenters. The summed E-state index contributed by atoms with van der Waals surface area (Å²) in [6, 6.07) is 11.2. The highest BCUT2D eigenvalue weighted by Gasteiger charge is 2.13. The molecular formula is C16H18N2O2S. The second-order valence-corrected chi connectivity index (χ2v) is 5.06. The molecule has 1 aromatic carbocycles. The van der Waals surface area contributed by atoms with E-state index in [0.717, 1.165) is 11.3 Å². The van der Waals surface area contributed by atoms with E-state index in [4.69, 9.17) is 17.0 Å². The number of hydrogen-bond acceptors (Lipinski definition) is 3. The minimum absolute atomic E-state index is 0.0919. The van der Waals surface area contributed by atoms with Crippen molar-refractivity contribution in [1.82, 2.24) is 9.88 Å². The topological polar surface area (TPSA) is 45.3 Å². The molecular weight excluding hydrogens is 284 g/mol. The summed E-state index contributed by atoms with van der Waals surface area (Å²) in [5.41, 5.74) is 1.56. The van der Waals surface area contributed by atoms with Crippen LogP contribution in [-0.2, 0) is 6.54 Å². The summed E-state index contributed by atoms with van der Waals surface area (Å²) >= 11 is 5.14. The van der Waals surface area contributed by atoms with Gasteiger partial charge in [0.1, 0.15) is 10.4 Å². The first kappa shape index (κ1) is 15.3. The second-order valence-electron chi connectivity index (χ2n) is 4.65. The van der Waals surface area contributed by atoms with E-state index < -0.39 is 0 Å². The van der Waals surface area contributed by atoms with Crippen molar-refractivity contribution >= 4 is 18.1 Å². The van der Waals surface area contributed by atoms with Crippen LogP contribution in [0, 0.1) is 4.64 Å². The predicted molar refractivity (Wildman–Crippen MR) is 85.0 cm³/mol. The van der Waals surface area contributed by atoms with Gasteiger partial charge in [-0.15, -0.1) is 0 Å². The fourth-order valence-electron chi connectivity index (χ4n) is 2.00. The van der Waals surface area contributed by atoms with Gasteiger partial charge in [-0.3, -0.25) is 4.79 Å². The van der Waals surface area contributed by atoms with Crippen molar-refractivity contribution in [2.24, 2.45) is 0 Å². The van der Waals surface area contributed by atoms with Crippen LogP contribution in [0.15, 0.2) is 42.6 Å². The predicted octanol–water partition coefficient (Wildman–Crippen LogP) is 3.42. The van der Waals surface area contributed by atoms with E-state index in [0.29, 0.717) is 23.4 Å². The van der Waals surface area contributed by atoms with Crippen LogP contribution in [0.4, 0.5) is 0 Å². The maximum Gasteiger partial charge on any atom is 0.256 e. The summed E-state index contributed by atoms with van der Waals surface area (Å²) < 4.78 is 5.86. The molecule has 5 heteroatoms. The fourth-order valence-corrected chi connectivity index (χ4v) is 2.22. The van der Waals surface area contributed by atoms with E-state index in [1.807, 2.05) is 31.2 Å². The van der Waals surface area contributed by atoms with Crippen LogP contribution >= 0.6 is 12.2 Å². The molecule has 0 spiro atoms. The number of carbonyl (C=O) groups excluding carboxylic acids is 1. The number of nitrogens with zero attached hydrogens (tertiary/aromatic N) is 1. The zero-order chi connectivity index (χ0) is 15.2. The minimum Gasteiger partial charge on any atom is -0.494 e. The van der Waals surface area contributed by atoms with Crippen LogP contribution < -0.4 is 4.74 Å². The Hall–Kier alpha value is -2.14. The Balaban J connectivity index is 2.07. The summed E-state index contributed by atoms with van der Waals surface area (Å²) in [7, 11) is 1.76. The first-order valence-electron chi connectivity index (χ1n) is 6.76. The third-order valence-corrected chi connectivity index (χ3v) is 3.39. The van der Waals surface area contributed by atoms with Crippen LogP contribution in [0.25, 0.3) is 0 Å². The van der Waals surface area contributed by atoms with E-state index in [2.05, 4.69) is 4.98 Å². The first-order chi connectivity index (χ1) is 10.1. The van der Waals surface area contributed by atoms with Crippen LogP contribution in [0.5, 0.6) is 5.75 Å². The normalized spacial score (nSPS) is 10.2. The Morgan fingerprint density at radius 1 is 1.29 bits per heavy atom. The van der Waals surface area contributed by atoms with Gasteiger partial charge in [-0.1, -0.05) is 24.4 Å². The molecule has 2 rings (SSSR count). The van der Waals surface area contributed by atoms with Crippen molar-refractivity contribution in [3.63, 3.8) is 0 Å². The lowest BCUT2D eigenvalue weighted by Gasteiger charge is -2.17. The summed E-state index contributed by atoms with van der Waals surface area (Å²) in [6.07, 6.45) is 1.71. The highest BCUT2D eigenvalue weighted by atomic mass is 32.1. The van der Waals surface area contributed by atoms with Gasteiger partial charge in [0, 0.05) is 19.8 Å². The number of pyridine rings is 1. The molecule has 2 aromatic rings. The Kier molecular flexibility index (Phi) is 5.11. The largest absolute Gasteiger partial charge is 0.494 e. The van der Waals surface area contributed by atoms with Crippen molar-refractivity contribution in [3.8, 4) is 5.75 Å². The average molecular weight is 302 g/mol. The maximum absolute atomic E-state index is 12.4. The number of amides is 1. The number of aromatic amines is 1. The number of benzene rings is 1. The third kappa shape index (κ3) is 3.92. The van der Waals surface area contributed by atoms with Crippen molar-refractivity contribution in [1.29, 1.82) is 0 Å². The number of hydrogen-bond donors (Lipinski definition) is 1. The number of nitrogens with one attached hydrogen (secondary N) is 1. The van der Waals surface area contributed by atoms with E-state index in [1.54, 1.807) is 30.3 Å². The van der Waals surface area contributed by atoms with Gasteiger partial charge in [0.15, 0.2) is 0 Å². The lowest BCUT2D eigenvalue weighted by atomic mass is 10.2. The number of H-pyrrole nitrogens is 1. The van der Waals surface area contributed by atoms with Gasteiger partial charge in [-0.05, 0) is 36.8 Å². The molecule has 0 bridgehead atoms. The molecule has 1 N–H and O–H groups in total. The molecule has 110 valence electrons. The van der Waals surface area contributed by atoms with Gasteiger partial charge < -0.3 is 14.6 Å². The van der Waals surface area contributed by atoms with Crippen molar-refractivity contribution in [2.45, 2.75) is 13.5 Å². The monoisotopic (exact) mass is 302 g/mol. The molecule has 1 aromatic heterocycles. The van der Waals surface area contributed by atoms with Crippen LogP contribution in [0.3, 0.4) is 0 Å². The van der Waals surface area contributed by atoms with Gasteiger partial charge in [0.05, 0.1) is 12.2 Å². The second kappa shape index (κ2) is 7.04. The molecule has 1 heterocycles. The smallest absolute Gasteiger partial charge is 0.256 e. The highest BCUT2D eigenvalue weighted by Crippen LogP contribution is 2.14. The lowest BCUT2D eigenvalue weighted by Crippen LogP contribution is -2.26. The molecule has 0 aliphatic rings. The van der Waals surface area contributed by atoms with Gasteiger partial charge in [0.25, 0.3) is 5.91 Å². The van der Waals surface area contributed by atoms with Crippen molar-refractivity contribution < 1.29 is 9.53 Å². The minimum atomic E-state index is -0.0919. The molecule has 0 unspecified atom stereocenters. The summed E-state index contributed by atoms with van der Waals surface area (Å²) in [6.45, 7) is 3.11. The molecule has 21 heavy (non-hydrogen) atoms. The maximum atomic E-state index is 12.4. The molecule has 4 nitrogen and oxygen atoms in total. The van der Waals surface area contributed by atoms with Gasteiger partial charge in [-0.25, -0.2) is 0 Å². The molecule has 0 fully saturated rings. The Morgan fingerprint density at radius 2 is 2.00 bits per heavy atom. The Morgan fingerprint density at radius 3 is 2.62 bits per heavy atom. The average Bonchev–Trinajstić information content (AvgIpc) is 2.49. The molecule has 0 aliphatic carbocycles. The number of rotatable bonds is 5. The van der Waals surface area contributed by atoms with Crippen LogP contribution in [0.2, 0.25) is 0 Å². The summed E-state index contributed by atoms with van der Waals surface area (Å²) in [5.74, 6) is 0.742. The van der Waals surface area contributed by atoms with Crippen LogP contribution in [0.1, 0.15) is 22.8 Å². The highest BCUT2D eigenvalue weighted by molar-refractivity contribution is 7.71. The summed E-state index contributed by atoms with van der Waals surface area (Å²) in [5, 5.41) is 0. The molecule has 0 aliphatic heterocycles. The lowest BCUT2D eigenvalue weighted by molar-refractivity contribution is 0.0784. The van der Waals surface area contributed by atoms with E-state index in [9.17, 15) is 4.79 Å². The first-order valence-corrected chi connectivity index (χ1v) is 7.17. The van der Waals surface area contributed by atoms with Crippen LogP contribution in [-0.4, -0.2) is 29.4 Å². The third-order valence-electron chi connectivity index (χ3n) is 3.05. The van der Waals surface area contributed by atoms with E-state index in [-0.39, 0.29) is 5.91 Å². The number of carbonyl (C=O) groups is 1. The van der Waals surface area contributed by atoms with Gasteiger partial charge in [0.2, 0.25) is 0 Å². The molecule has 1 amide bonds. The van der Waals surface area contributed by atoms with Crippen molar-refractivity contribution in [2.75, 3.05) is 13.7 Å². The molecule has 0 saturated carbocycles. The molecule has 0 radical (unpaired) electrons. The van der Waals surface area contributed by atoms with E-state index in [1.165, 1.54) is 0 Å². The standard InChI is InChI=1S/C16H18N2O2S/c1-3-20-13-8-6-12(7-9-13)11-18(2)16(19)14-5-4-10-17-15(14)21/h4-10H,3,11H2,1-2H3,(H,17,21). The Labute approximate surface area is 129 Å². The molecule has 0 saturated heterocycles. The number of aromatic nitrogens is 1. The summed E-state index contributed by atoms with van der Waals surface area (Å²) in [4.78, 5) is 16.9. The van der Waals surface area contributed by atoms with Gasteiger partial charge in [-0.2, -0.15) is 0 Å². The SMILES string of the molecule is CCOc1ccc(CN(C)C(=O)c2ccc[nH]c2=S)cc1.